The van der Waals surface area contributed by atoms with Crippen LogP contribution in [0.4, 0.5) is 22.0 Å². The van der Waals surface area contributed by atoms with Gasteiger partial charge in [0, 0.05) is 11.6 Å². The van der Waals surface area contributed by atoms with E-state index >= 15 is 0 Å². The lowest BCUT2D eigenvalue weighted by Gasteiger charge is -2.20. The van der Waals surface area contributed by atoms with E-state index in [4.69, 9.17) is 5.11 Å². The summed E-state index contributed by atoms with van der Waals surface area (Å²) in [4.78, 5) is 24.8. The van der Waals surface area contributed by atoms with Crippen LogP contribution in [-0.4, -0.2) is 34.0 Å². The molecule has 2 aromatic carbocycles. The normalized spacial score (nSPS) is 12.5. The summed E-state index contributed by atoms with van der Waals surface area (Å²) in [5, 5.41) is 15.2. The number of halogens is 5. The lowest BCUT2D eigenvalue weighted by Crippen LogP contribution is -2.31. The second-order valence-electron chi connectivity index (χ2n) is 7.11. The van der Waals surface area contributed by atoms with Crippen molar-refractivity contribution in [1.29, 1.82) is 0 Å². The van der Waals surface area contributed by atoms with Crippen LogP contribution < -0.4 is 15.6 Å². The van der Waals surface area contributed by atoms with Crippen LogP contribution in [0.5, 0.6) is 5.75 Å². The molecule has 1 atom stereocenters. The molecule has 0 spiro atoms. The van der Waals surface area contributed by atoms with Gasteiger partial charge in [-0.1, -0.05) is 12.1 Å². The summed E-state index contributed by atoms with van der Waals surface area (Å²) < 4.78 is 71.9. The minimum atomic E-state index is -3.81. The van der Waals surface area contributed by atoms with Crippen LogP contribution in [-0.2, 0) is 5.92 Å². The van der Waals surface area contributed by atoms with Crippen molar-refractivity contribution in [3.63, 3.8) is 0 Å². The van der Waals surface area contributed by atoms with E-state index in [0.717, 1.165) is 22.9 Å². The number of rotatable bonds is 8. The fourth-order valence-corrected chi connectivity index (χ4v) is 3.09. The Balaban J connectivity index is 1.84. The number of nitrogens with one attached hydrogen (secondary N) is 1. The van der Waals surface area contributed by atoms with E-state index in [1.54, 1.807) is 0 Å². The van der Waals surface area contributed by atoms with Gasteiger partial charge >= 0.3 is 6.61 Å². The molecule has 0 radical (unpaired) electrons. The third-order valence-corrected chi connectivity index (χ3v) is 4.77. The summed E-state index contributed by atoms with van der Waals surface area (Å²) in [7, 11) is 0. The number of ether oxygens (including phenoxy) is 1. The molecule has 0 aliphatic carbocycles. The first-order chi connectivity index (χ1) is 16.0. The van der Waals surface area contributed by atoms with Crippen LogP contribution in [0, 0.1) is 5.82 Å². The molecule has 0 saturated heterocycles. The zero-order chi connectivity index (χ0) is 25.0. The molecule has 1 aromatic heterocycles. The molecular weight excluding hydrogens is 465 g/mol. The molecule has 2 N–H and O–H groups in total. The van der Waals surface area contributed by atoms with E-state index in [1.165, 1.54) is 43.3 Å². The zero-order valence-corrected chi connectivity index (χ0v) is 17.5. The van der Waals surface area contributed by atoms with Crippen molar-refractivity contribution >= 4 is 5.91 Å². The predicted molar refractivity (Wildman–Crippen MR) is 110 cm³/mol. The van der Waals surface area contributed by atoms with Gasteiger partial charge in [0.1, 0.15) is 23.9 Å². The minimum Gasteiger partial charge on any atom is -0.435 e. The Morgan fingerprint density at radius 1 is 1.15 bits per heavy atom. The van der Waals surface area contributed by atoms with Crippen molar-refractivity contribution in [2.24, 2.45) is 0 Å². The molecule has 0 saturated carbocycles. The van der Waals surface area contributed by atoms with Crippen LogP contribution in [0.3, 0.4) is 0 Å². The van der Waals surface area contributed by atoms with Gasteiger partial charge in [-0.25, -0.2) is 4.39 Å². The second-order valence-corrected chi connectivity index (χ2v) is 7.11. The zero-order valence-electron chi connectivity index (χ0n) is 17.5. The van der Waals surface area contributed by atoms with Crippen molar-refractivity contribution in [3.05, 3.63) is 87.6 Å². The van der Waals surface area contributed by atoms with Crippen molar-refractivity contribution < 1.29 is 36.6 Å². The smallest absolute Gasteiger partial charge is 0.387 e. The Morgan fingerprint density at radius 2 is 1.82 bits per heavy atom. The van der Waals surface area contributed by atoms with Crippen LogP contribution in [0.1, 0.15) is 34.6 Å². The molecule has 12 heteroatoms. The summed E-state index contributed by atoms with van der Waals surface area (Å²) in [6.45, 7) is -3.26. The molecule has 0 unspecified atom stereocenters. The van der Waals surface area contributed by atoms with E-state index in [1.807, 2.05) is 0 Å². The monoisotopic (exact) mass is 483 g/mol. The average molecular weight is 483 g/mol. The van der Waals surface area contributed by atoms with Crippen LogP contribution in [0.2, 0.25) is 0 Å². The summed E-state index contributed by atoms with van der Waals surface area (Å²) in [5.74, 6) is -6.07. The first-order valence-corrected chi connectivity index (χ1v) is 9.77. The third-order valence-electron chi connectivity index (χ3n) is 4.77. The molecule has 0 aliphatic rings. The van der Waals surface area contributed by atoms with Gasteiger partial charge in [-0.2, -0.15) is 27.3 Å². The Bertz CT molecular complexity index is 1230. The van der Waals surface area contributed by atoms with E-state index < -0.39 is 48.0 Å². The van der Waals surface area contributed by atoms with Gasteiger partial charge in [0.05, 0.1) is 17.3 Å². The first kappa shape index (κ1) is 24.8. The van der Waals surface area contributed by atoms with Gasteiger partial charge in [0.25, 0.3) is 17.4 Å². The number of hydrogen-bond donors (Lipinski definition) is 2. The Labute approximate surface area is 189 Å². The number of aliphatic hydroxyl groups excluding tert-OH is 1. The molecular formula is C22H18F5N3O4. The van der Waals surface area contributed by atoms with Crippen molar-refractivity contribution in [1.82, 2.24) is 15.1 Å². The van der Waals surface area contributed by atoms with E-state index in [0.29, 0.717) is 0 Å². The maximum absolute atomic E-state index is 14.6. The average Bonchev–Trinajstić information content (AvgIpc) is 2.79. The molecule has 1 heterocycles. The molecule has 0 aliphatic heterocycles. The highest BCUT2D eigenvalue weighted by atomic mass is 19.3. The molecule has 0 fully saturated rings. The van der Waals surface area contributed by atoms with Crippen LogP contribution >= 0.6 is 0 Å². The lowest BCUT2D eigenvalue weighted by molar-refractivity contribution is -0.0584. The number of aromatic nitrogens is 2. The Morgan fingerprint density at radius 3 is 2.44 bits per heavy atom. The number of nitrogens with zero attached hydrogens (tertiary/aromatic N) is 2. The van der Waals surface area contributed by atoms with Crippen LogP contribution in [0.15, 0.2) is 59.4 Å². The molecule has 3 rings (SSSR count). The number of amides is 1. The van der Waals surface area contributed by atoms with Gasteiger partial charge in [0.2, 0.25) is 0 Å². The van der Waals surface area contributed by atoms with Gasteiger partial charge in [-0.15, -0.1) is 0 Å². The number of hydrogen-bond acceptors (Lipinski definition) is 5. The largest absolute Gasteiger partial charge is 0.435 e. The fraction of sp³-hybridized carbons (Fsp3) is 0.227. The Hall–Kier alpha value is -3.80. The summed E-state index contributed by atoms with van der Waals surface area (Å²) >= 11 is 0. The molecule has 0 bridgehead atoms. The maximum Gasteiger partial charge on any atom is 0.387 e. The summed E-state index contributed by atoms with van der Waals surface area (Å²) in [6.07, 6.45) is 0. The maximum atomic E-state index is 14.6. The molecule has 3 aromatic rings. The second kappa shape index (κ2) is 10.00. The fourth-order valence-electron chi connectivity index (χ4n) is 3.09. The van der Waals surface area contributed by atoms with Gasteiger partial charge < -0.3 is 15.2 Å². The van der Waals surface area contributed by atoms with Gasteiger partial charge in [-0.3, -0.25) is 9.59 Å². The summed E-state index contributed by atoms with van der Waals surface area (Å²) in [5.41, 5.74) is -1.99. The first-order valence-electron chi connectivity index (χ1n) is 9.77. The predicted octanol–water partition coefficient (Wildman–Crippen LogP) is 3.55. The summed E-state index contributed by atoms with van der Waals surface area (Å²) in [6, 6.07) is 9.20. The van der Waals surface area contributed by atoms with Crippen molar-refractivity contribution in [2.45, 2.75) is 25.5 Å². The number of carbonyl (C=O) groups excluding carboxylic acids is 1. The van der Waals surface area contributed by atoms with E-state index in [2.05, 4.69) is 15.2 Å². The van der Waals surface area contributed by atoms with Gasteiger partial charge in [-0.05, 0) is 43.3 Å². The Kier molecular flexibility index (Phi) is 7.30. The highest BCUT2D eigenvalue weighted by Crippen LogP contribution is 2.32. The van der Waals surface area contributed by atoms with Crippen LogP contribution in [0.25, 0.3) is 5.69 Å². The highest BCUT2D eigenvalue weighted by Gasteiger charge is 2.35. The number of carbonyl (C=O) groups is 1. The standard InChI is InChI=1S/C22H18F5N3O4/c1-12(15-3-2-4-16(19(15)23)22(26,27)11-31)28-20(33)17-9-10-18(32)30(29-17)13-5-7-14(8-6-13)34-21(24)25/h2-10,12,21,31H,11H2,1H3,(H,28,33)/t12-/m1/s1. The quantitative estimate of drug-likeness (QED) is 0.478. The SMILES string of the molecule is C[C@@H](NC(=O)c1ccc(=O)n(-c2ccc(OC(F)F)cc2)n1)c1cccc(C(F)(F)CO)c1F. The third kappa shape index (κ3) is 5.39. The number of aliphatic hydroxyl groups is 1. The number of benzene rings is 2. The minimum absolute atomic E-state index is 0.148. The lowest BCUT2D eigenvalue weighted by atomic mass is 10.0. The van der Waals surface area contributed by atoms with E-state index in [-0.39, 0.29) is 22.7 Å². The topological polar surface area (TPSA) is 93.5 Å². The molecule has 180 valence electrons. The molecule has 1 amide bonds. The molecule has 34 heavy (non-hydrogen) atoms. The van der Waals surface area contributed by atoms with Crippen molar-refractivity contribution in [3.8, 4) is 11.4 Å². The molecule has 7 nitrogen and oxygen atoms in total. The van der Waals surface area contributed by atoms with E-state index in [9.17, 15) is 31.5 Å². The van der Waals surface area contributed by atoms with Gasteiger partial charge in [0.15, 0.2) is 0 Å². The number of alkyl halides is 4. The highest BCUT2D eigenvalue weighted by molar-refractivity contribution is 5.92. The van der Waals surface area contributed by atoms with Crippen molar-refractivity contribution in [2.75, 3.05) is 6.61 Å².